The van der Waals surface area contributed by atoms with Crippen LogP contribution in [0.15, 0.2) is 22.1 Å². The van der Waals surface area contributed by atoms with Gasteiger partial charge in [-0.25, -0.2) is 14.8 Å². The molecule has 0 bridgehead atoms. The van der Waals surface area contributed by atoms with Gasteiger partial charge >= 0.3 is 5.69 Å². The first kappa shape index (κ1) is 19.8. The van der Waals surface area contributed by atoms with Crippen LogP contribution in [0, 0.1) is 0 Å². The summed E-state index contributed by atoms with van der Waals surface area (Å²) in [5.41, 5.74) is 5.28. The Labute approximate surface area is 171 Å². The van der Waals surface area contributed by atoms with Crippen LogP contribution in [0.25, 0.3) is 11.0 Å². The second-order valence-corrected chi connectivity index (χ2v) is 7.36. The number of fused-ring (bicyclic) bond motifs is 1. The minimum Gasteiger partial charge on any atom is -0.384 e. The highest BCUT2D eigenvalue weighted by molar-refractivity contribution is 6.01. The van der Waals surface area contributed by atoms with Crippen molar-refractivity contribution in [2.75, 3.05) is 43.4 Å². The van der Waals surface area contributed by atoms with Crippen molar-refractivity contribution in [3.63, 3.8) is 0 Å². The Morgan fingerprint density at radius 2 is 1.77 bits per heavy atom. The van der Waals surface area contributed by atoms with Crippen molar-refractivity contribution in [3.8, 4) is 0 Å². The summed E-state index contributed by atoms with van der Waals surface area (Å²) in [7, 11) is 4.60. The fourth-order valence-corrected chi connectivity index (χ4v) is 3.72. The highest BCUT2D eigenvalue weighted by Gasteiger charge is 2.26. The number of carbonyl (C=O) groups excluding carboxylic acids is 1. The molecule has 12 heteroatoms. The summed E-state index contributed by atoms with van der Waals surface area (Å²) in [5.74, 6) is 0.316. The molecule has 0 saturated carbocycles. The third kappa shape index (κ3) is 3.14. The number of ketones is 1. The lowest BCUT2D eigenvalue weighted by Gasteiger charge is -2.35. The molecule has 3 aromatic rings. The number of piperazine rings is 1. The van der Waals surface area contributed by atoms with Crippen LogP contribution in [0.5, 0.6) is 0 Å². The van der Waals surface area contributed by atoms with Crippen LogP contribution in [0.1, 0.15) is 10.4 Å². The van der Waals surface area contributed by atoms with Gasteiger partial charge in [-0.05, 0) is 0 Å². The van der Waals surface area contributed by atoms with Crippen LogP contribution in [-0.2, 0) is 21.1 Å². The first-order valence-corrected chi connectivity index (χ1v) is 9.48. The van der Waals surface area contributed by atoms with E-state index in [0.717, 1.165) is 26.0 Å². The standard InChI is InChI=1S/C18H23N9O3/c1-23-14(19)13(17(29)24(2)18(23)30)12(28)9-26-4-6-27(7-5-26)16-11-8-22-25(3)15(11)20-10-21-16/h8,10H,4-7,9,19H2,1-3H3. The number of rotatable bonds is 4. The number of hydrogen-bond donors (Lipinski definition) is 1. The maximum atomic E-state index is 12.8. The molecular weight excluding hydrogens is 390 g/mol. The van der Waals surface area contributed by atoms with Crippen molar-refractivity contribution < 1.29 is 4.79 Å². The minimum absolute atomic E-state index is 0.0531. The van der Waals surface area contributed by atoms with E-state index in [-0.39, 0.29) is 17.9 Å². The van der Waals surface area contributed by atoms with Gasteiger partial charge < -0.3 is 10.6 Å². The van der Waals surface area contributed by atoms with E-state index in [0.29, 0.717) is 26.2 Å². The monoisotopic (exact) mass is 413 g/mol. The molecule has 0 unspecified atom stereocenters. The van der Waals surface area contributed by atoms with Crippen molar-refractivity contribution in [1.29, 1.82) is 0 Å². The van der Waals surface area contributed by atoms with Gasteiger partial charge in [0.25, 0.3) is 5.56 Å². The molecule has 0 spiro atoms. The first-order valence-electron chi connectivity index (χ1n) is 9.48. The van der Waals surface area contributed by atoms with Crippen molar-refractivity contribution in [2.45, 2.75) is 0 Å². The summed E-state index contributed by atoms with van der Waals surface area (Å²) in [6, 6.07) is 0. The number of Topliss-reactive ketones (excluding diaryl/α,β-unsaturated/α-hetero) is 1. The third-order valence-corrected chi connectivity index (χ3v) is 5.54. The Morgan fingerprint density at radius 1 is 1.07 bits per heavy atom. The SMILES string of the molecule is Cn1c(N)c(C(=O)CN2CCN(c3ncnc4c3cnn4C)CC2)c(=O)n(C)c1=O. The number of nitrogen functional groups attached to an aromatic ring is 1. The molecule has 0 aromatic carbocycles. The molecule has 4 heterocycles. The van der Waals surface area contributed by atoms with Gasteiger partial charge in [0.1, 0.15) is 23.5 Å². The lowest BCUT2D eigenvalue weighted by Crippen LogP contribution is -2.49. The van der Waals surface area contributed by atoms with E-state index in [1.54, 1.807) is 10.9 Å². The highest BCUT2D eigenvalue weighted by atomic mass is 16.2. The van der Waals surface area contributed by atoms with E-state index in [2.05, 4.69) is 20.0 Å². The second kappa shape index (κ2) is 7.37. The van der Waals surface area contributed by atoms with Crippen LogP contribution in [0.3, 0.4) is 0 Å². The molecule has 0 amide bonds. The Kier molecular flexibility index (Phi) is 4.86. The molecule has 30 heavy (non-hydrogen) atoms. The number of carbonyl (C=O) groups is 1. The zero-order valence-corrected chi connectivity index (χ0v) is 17.1. The Bertz CT molecular complexity index is 1250. The van der Waals surface area contributed by atoms with E-state index in [1.807, 2.05) is 11.9 Å². The quantitative estimate of drug-likeness (QED) is 0.499. The van der Waals surface area contributed by atoms with Crippen LogP contribution in [-0.4, -0.2) is 72.3 Å². The van der Waals surface area contributed by atoms with Gasteiger partial charge in [0, 0.05) is 47.3 Å². The third-order valence-electron chi connectivity index (χ3n) is 5.54. The lowest BCUT2D eigenvalue weighted by atomic mass is 10.1. The Hall–Kier alpha value is -3.54. The largest absolute Gasteiger partial charge is 0.384 e. The molecule has 3 aromatic heterocycles. The average molecular weight is 413 g/mol. The topological polar surface area (TPSA) is 137 Å². The summed E-state index contributed by atoms with van der Waals surface area (Å²) < 4.78 is 3.71. The minimum atomic E-state index is -0.667. The summed E-state index contributed by atoms with van der Waals surface area (Å²) in [5, 5.41) is 5.12. The van der Waals surface area contributed by atoms with Gasteiger partial charge in [-0.1, -0.05) is 0 Å². The Morgan fingerprint density at radius 3 is 2.47 bits per heavy atom. The molecule has 4 rings (SSSR count). The fourth-order valence-electron chi connectivity index (χ4n) is 3.72. The van der Waals surface area contributed by atoms with Gasteiger partial charge in [-0.2, -0.15) is 5.10 Å². The first-order chi connectivity index (χ1) is 14.3. The average Bonchev–Trinajstić information content (AvgIpc) is 3.13. The van der Waals surface area contributed by atoms with Crippen LogP contribution < -0.4 is 21.9 Å². The van der Waals surface area contributed by atoms with Gasteiger partial charge in [-0.3, -0.25) is 28.3 Å². The van der Waals surface area contributed by atoms with Gasteiger partial charge in [-0.15, -0.1) is 0 Å². The highest BCUT2D eigenvalue weighted by Crippen LogP contribution is 2.23. The second-order valence-electron chi connectivity index (χ2n) is 7.36. The molecule has 1 aliphatic heterocycles. The number of aryl methyl sites for hydroxylation is 1. The normalized spacial score (nSPS) is 15.1. The summed E-state index contributed by atoms with van der Waals surface area (Å²) in [6.45, 7) is 2.61. The van der Waals surface area contributed by atoms with E-state index < -0.39 is 17.0 Å². The van der Waals surface area contributed by atoms with Crippen molar-refractivity contribution in [2.24, 2.45) is 21.1 Å². The molecule has 1 saturated heterocycles. The maximum absolute atomic E-state index is 12.8. The van der Waals surface area contributed by atoms with Gasteiger partial charge in [0.2, 0.25) is 0 Å². The van der Waals surface area contributed by atoms with Crippen LogP contribution >= 0.6 is 0 Å². The molecule has 158 valence electrons. The summed E-state index contributed by atoms with van der Waals surface area (Å²) >= 11 is 0. The molecule has 2 N–H and O–H groups in total. The van der Waals surface area contributed by atoms with Gasteiger partial charge in [0.15, 0.2) is 11.4 Å². The zero-order chi connectivity index (χ0) is 21.6. The molecule has 0 atom stereocenters. The van der Waals surface area contributed by atoms with Crippen molar-refractivity contribution in [3.05, 3.63) is 38.9 Å². The fraction of sp³-hybridized carbons (Fsp3) is 0.444. The summed E-state index contributed by atoms with van der Waals surface area (Å²) in [6.07, 6.45) is 3.27. The predicted octanol–water partition coefficient (Wildman–Crippen LogP) is -1.65. The zero-order valence-electron chi connectivity index (χ0n) is 17.1. The smallest absolute Gasteiger partial charge is 0.332 e. The lowest BCUT2D eigenvalue weighted by molar-refractivity contribution is 0.0924. The molecule has 0 radical (unpaired) electrons. The number of hydrogen-bond acceptors (Lipinski definition) is 9. The van der Waals surface area contributed by atoms with E-state index >= 15 is 0 Å². The molecule has 1 aliphatic rings. The van der Waals surface area contributed by atoms with E-state index in [4.69, 9.17) is 5.73 Å². The summed E-state index contributed by atoms with van der Waals surface area (Å²) in [4.78, 5) is 49.9. The molecule has 1 fully saturated rings. The number of nitrogens with two attached hydrogens (primary N) is 1. The van der Waals surface area contributed by atoms with Crippen LogP contribution in [0.2, 0.25) is 0 Å². The molecule has 12 nitrogen and oxygen atoms in total. The van der Waals surface area contributed by atoms with Crippen molar-refractivity contribution in [1.82, 2.24) is 33.8 Å². The predicted molar refractivity (Wildman–Crippen MR) is 111 cm³/mol. The number of anilines is 2. The molecule has 0 aliphatic carbocycles. The maximum Gasteiger partial charge on any atom is 0.332 e. The van der Waals surface area contributed by atoms with Crippen molar-refractivity contribution >= 4 is 28.5 Å². The molecular formula is C18H23N9O3. The number of aromatic nitrogens is 6. The number of nitrogens with zero attached hydrogens (tertiary/aromatic N) is 8. The van der Waals surface area contributed by atoms with Gasteiger partial charge in [0.05, 0.1) is 18.1 Å². The van der Waals surface area contributed by atoms with E-state index in [1.165, 1.54) is 20.4 Å². The van der Waals surface area contributed by atoms with Crippen LogP contribution in [0.4, 0.5) is 11.6 Å². The van der Waals surface area contributed by atoms with E-state index in [9.17, 15) is 14.4 Å². The Balaban J connectivity index is 1.49.